The van der Waals surface area contributed by atoms with Gasteiger partial charge in [0.25, 0.3) is 0 Å². The molecule has 3 heteroatoms. The predicted octanol–water partition coefficient (Wildman–Crippen LogP) is 0.0968. The van der Waals surface area contributed by atoms with Gasteiger partial charge in [0, 0.05) is 0 Å². The van der Waals surface area contributed by atoms with Gasteiger partial charge in [0.1, 0.15) is 0 Å². The van der Waals surface area contributed by atoms with E-state index in [0.29, 0.717) is 0 Å². The van der Waals surface area contributed by atoms with Gasteiger partial charge in [-0.05, 0) is 0 Å². The van der Waals surface area contributed by atoms with Gasteiger partial charge < -0.3 is 0 Å². The maximum absolute atomic E-state index is 6.41. The van der Waals surface area contributed by atoms with Crippen LogP contribution in [0.25, 0.3) is 0 Å². The van der Waals surface area contributed by atoms with E-state index in [9.17, 15) is 0 Å². The van der Waals surface area contributed by atoms with E-state index in [1.807, 2.05) is 0 Å². The summed E-state index contributed by atoms with van der Waals surface area (Å²) in [6.45, 7) is 4.76. The summed E-state index contributed by atoms with van der Waals surface area (Å²) in [5, 5.41) is 0. The van der Waals surface area contributed by atoms with E-state index >= 15 is 0 Å². The van der Waals surface area contributed by atoms with Gasteiger partial charge in [0.05, 0.1) is 0 Å². The van der Waals surface area contributed by atoms with Gasteiger partial charge in [-0.15, -0.1) is 0 Å². The normalized spacial score (nSPS) is 18.5. The molecule has 0 aliphatic rings. The van der Waals surface area contributed by atoms with Crippen LogP contribution >= 0.6 is 11.4 Å². The van der Waals surface area contributed by atoms with Crippen molar-refractivity contribution in [2.75, 3.05) is 7.11 Å². The first kappa shape index (κ1) is 2.60. The summed E-state index contributed by atoms with van der Waals surface area (Å²) >= 11 is -1.07. The molecule has 0 aliphatic heterocycles. The fraction of sp³-hybridized carbons (Fsp3) is 1.00. The molecular weight excluding hydrogens is 70.9 g/mol. The predicted molar refractivity (Wildman–Crippen MR) is 21.7 cm³/mol. The molecule has 0 aromatic rings. The van der Waals surface area contributed by atoms with Crippen LogP contribution in [-0.4, -0.2) is 15.0 Å². The molecule has 0 aliphatic carbocycles. The summed E-state index contributed by atoms with van der Waals surface area (Å²) in [5.41, 5.74) is 0. The van der Waals surface area contributed by atoms with Gasteiger partial charge in [0.2, 0.25) is 0 Å². The molecule has 1 unspecified atom stereocenters. The Hall–Kier alpha value is 0.375. The van der Waals surface area contributed by atoms with E-state index in [1.54, 1.807) is 0 Å². The third-order valence-corrected chi connectivity index (χ3v) is 0.289. The zero-order chi connectivity index (χ0) is 4.28. The first-order valence-electron chi connectivity index (χ1n) is 1.22. The SMILES string of the molecule is [2H]S(=[B])OC. The Morgan fingerprint density at radius 2 is 2.75 bits per heavy atom. The van der Waals surface area contributed by atoms with Crippen molar-refractivity contribution in [1.29, 1.82) is 1.12 Å². The summed E-state index contributed by atoms with van der Waals surface area (Å²) < 4.78 is 10.6. The Morgan fingerprint density at radius 1 is 2.50 bits per heavy atom. The van der Waals surface area contributed by atoms with Crippen LogP contribution in [0.5, 0.6) is 0 Å². The van der Waals surface area contributed by atoms with Gasteiger partial charge in [-0.25, -0.2) is 0 Å². The van der Waals surface area contributed by atoms with Crippen molar-refractivity contribution in [1.82, 2.24) is 0 Å². The number of hydrogen-bond donors (Lipinski definition) is 1. The van der Waals surface area contributed by atoms with Crippen molar-refractivity contribution in [3.8, 4) is 0 Å². The van der Waals surface area contributed by atoms with E-state index in [0.717, 1.165) is 0 Å². The van der Waals surface area contributed by atoms with Gasteiger partial charge >= 0.3 is 30.5 Å². The third-order valence-electron chi connectivity index (χ3n) is 0.0962. The molecule has 0 aromatic heterocycles. The van der Waals surface area contributed by atoms with Crippen molar-refractivity contribution >= 4 is 18.1 Å². The molecule has 4 heavy (non-hydrogen) atoms. The second-order valence-corrected chi connectivity index (χ2v) is 0.789. The van der Waals surface area contributed by atoms with Crippen LogP contribution in [0.1, 0.15) is 0 Å². The molecule has 0 heterocycles. The average molecular weight is 75.9 g/mol. The molecule has 1 nitrogen and oxygen atoms in total. The van der Waals surface area contributed by atoms with Crippen molar-refractivity contribution in [3.63, 3.8) is 0 Å². The van der Waals surface area contributed by atoms with Gasteiger partial charge in [-0.1, -0.05) is 0 Å². The molecule has 0 fully saturated rings. The topological polar surface area (TPSA) is 9.23 Å². The molecule has 1 atom stereocenters. The van der Waals surface area contributed by atoms with Gasteiger partial charge in [0.15, 0.2) is 0 Å². The summed E-state index contributed by atoms with van der Waals surface area (Å²) in [7, 11) is 1.40. The number of hydrogen-bond acceptors (Lipinski definition) is 1. The van der Waals surface area contributed by atoms with Crippen molar-refractivity contribution in [2.45, 2.75) is 0 Å². The van der Waals surface area contributed by atoms with E-state index in [2.05, 4.69) is 4.18 Å². The van der Waals surface area contributed by atoms with E-state index in [1.165, 1.54) is 7.11 Å². The van der Waals surface area contributed by atoms with Crippen molar-refractivity contribution in [3.05, 3.63) is 0 Å². The molecule has 23 valence electrons. The number of rotatable bonds is 1. The number of thiol groups is 1. The summed E-state index contributed by atoms with van der Waals surface area (Å²) in [4.78, 5) is 0. The van der Waals surface area contributed by atoms with Crippen LogP contribution in [-0.2, 0) is 4.18 Å². The zero-order valence-electron chi connectivity index (χ0n) is 3.39. The van der Waals surface area contributed by atoms with Crippen LogP contribution in [0.15, 0.2) is 0 Å². The Balaban J connectivity index is 2.85. The summed E-state index contributed by atoms with van der Waals surface area (Å²) in [6, 6.07) is 0. The van der Waals surface area contributed by atoms with Crippen molar-refractivity contribution < 1.29 is 4.18 Å². The minimum absolute atomic E-state index is 1.07. The Morgan fingerprint density at radius 3 is 2.75 bits per heavy atom. The van der Waals surface area contributed by atoms with Gasteiger partial charge in [-0.3, -0.25) is 0 Å². The monoisotopic (exact) mass is 76.0 g/mol. The molecule has 0 amide bonds. The van der Waals surface area contributed by atoms with Crippen LogP contribution in [0.2, 0.25) is 0 Å². The molecule has 0 bridgehead atoms. The zero-order valence-corrected chi connectivity index (χ0v) is 3.21. The summed E-state index contributed by atoms with van der Waals surface area (Å²) in [6.07, 6.45) is 0. The average Bonchev–Trinajstić information content (AvgIpc) is 1.38. The van der Waals surface area contributed by atoms with E-state index in [4.69, 9.17) is 7.85 Å². The second kappa shape index (κ2) is 3.37. The van der Waals surface area contributed by atoms with Crippen LogP contribution in [0.3, 0.4) is 0 Å². The molecule has 0 spiro atoms. The Bertz CT molecular complexity index is 46.9. The first-order valence-corrected chi connectivity index (χ1v) is 1.62. The Labute approximate surface area is 31.5 Å². The molecule has 0 saturated carbocycles. The van der Waals surface area contributed by atoms with Crippen LogP contribution in [0.4, 0.5) is 0 Å². The third kappa shape index (κ3) is 2.37. The van der Waals surface area contributed by atoms with Crippen LogP contribution in [0, 0.1) is 0 Å². The fourth-order valence-corrected chi connectivity index (χ4v) is 0. The van der Waals surface area contributed by atoms with Crippen LogP contribution < -0.4 is 0 Å². The van der Waals surface area contributed by atoms with E-state index < -0.39 is 11.4 Å². The molecule has 0 saturated heterocycles. The maximum atomic E-state index is 6.41. The van der Waals surface area contributed by atoms with E-state index in [-0.39, 0.29) is 0 Å². The molecule has 0 N–H and O–H groups in total. The fourth-order valence-electron chi connectivity index (χ4n) is 0. The molecule has 0 aromatic carbocycles. The minimum atomic E-state index is -1.07. The molecule has 0 rings (SSSR count). The van der Waals surface area contributed by atoms with Gasteiger partial charge in [-0.2, -0.15) is 0 Å². The second-order valence-electron chi connectivity index (χ2n) is 0.263. The quantitative estimate of drug-likeness (QED) is 0.344. The first-order chi connectivity index (χ1) is 2.27. The van der Waals surface area contributed by atoms with Crippen molar-refractivity contribution in [2.24, 2.45) is 0 Å². The Kier molecular flexibility index (Phi) is 2.20. The molecule has 1 radical (unpaired) electrons. The summed E-state index contributed by atoms with van der Waals surface area (Å²) in [5.74, 6) is 0. The molecular formula is CH4BOS. The standard InChI is InChI=1S/CH4BOS/c1-3-4-2/h4H,1H3/i4D.